The van der Waals surface area contributed by atoms with E-state index in [1.54, 1.807) is 39.8 Å². The molecule has 0 spiro atoms. The lowest BCUT2D eigenvalue weighted by Crippen LogP contribution is -2.45. The summed E-state index contributed by atoms with van der Waals surface area (Å²) in [7, 11) is 0. The number of carboxylic acids is 1. The van der Waals surface area contributed by atoms with Crippen molar-refractivity contribution in [3.8, 4) is 16.8 Å². The molecule has 1 aromatic heterocycles. The molecule has 1 aliphatic heterocycles. The van der Waals surface area contributed by atoms with E-state index in [4.69, 9.17) is 10.7 Å². The molecule has 1 saturated heterocycles. The van der Waals surface area contributed by atoms with E-state index in [0.29, 0.717) is 59.7 Å². The Hall–Kier alpha value is -4.44. The van der Waals surface area contributed by atoms with E-state index in [-0.39, 0.29) is 28.9 Å². The topological polar surface area (TPSA) is 136 Å². The molecule has 1 fully saturated rings. The number of hydrogen-bond acceptors (Lipinski definition) is 6. The number of carbonyl (C=O) groups is 3. The number of primary amides is 1. The first kappa shape index (κ1) is 30.0. The molecule has 2 heterocycles. The van der Waals surface area contributed by atoms with Crippen molar-refractivity contribution in [1.82, 2.24) is 14.5 Å². The minimum Gasteiger partial charge on any atom is -0.478 e. The van der Waals surface area contributed by atoms with Crippen LogP contribution in [0.1, 0.15) is 49.4 Å². The minimum absolute atomic E-state index is 0.0328. The number of amides is 2. The highest BCUT2D eigenvalue weighted by molar-refractivity contribution is 8.00. The fourth-order valence-electron chi connectivity index (χ4n) is 5.41. The van der Waals surface area contributed by atoms with Crippen LogP contribution < -0.4 is 11.3 Å². The fourth-order valence-corrected chi connectivity index (χ4v) is 6.65. The van der Waals surface area contributed by atoms with Crippen LogP contribution in [0.2, 0.25) is 0 Å². The van der Waals surface area contributed by atoms with Crippen LogP contribution in [0.15, 0.2) is 82.7 Å². The number of unbranched alkanes of at least 4 members (excludes halogenated alkanes) is 1. The van der Waals surface area contributed by atoms with Crippen molar-refractivity contribution in [3.63, 3.8) is 0 Å². The predicted molar refractivity (Wildman–Crippen MR) is 167 cm³/mol. The fraction of sp³-hybridized carbons (Fsp3) is 0.303. The maximum Gasteiger partial charge on any atom is 0.335 e. The molecule has 2 amide bonds. The molecular formula is C33H34N4O5S. The van der Waals surface area contributed by atoms with E-state index >= 15 is 0 Å². The number of carboxylic acid groups (broad SMARTS) is 1. The van der Waals surface area contributed by atoms with Gasteiger partial charge in [-0.1, -0.05) is 67.9 Å². The van der Waals surface area contributed by atoms with Gasteiger partial charge < -0.3 is 15.7 Å². The van der Waals surface area contributed by atoms with Crippen molar-refractivity contribution in [2.45, 2.75) is 49.4 Å². The van der Waals surface area contributed by atoms with Crippen molar-refractivity contribution in [3.05, 3.63) is 88.7 Å². The SMILES string of the molecule is CCCCC(Sc1nc2ccccc2c(=O)n1-c1cccc(-c2cccc(C(=O)O)c2)c1)C(=O)N1CCC(C(N)=O)CC1. The van der Waals surface area contributed by atoms with Gasteiger partial charge in [-0.15, -0.1) is 0 Å². The summed E-state index contributed by atoms with van der Waals surface area (Å²) in [4.78, 5) is 57.8. The maximum absolute atomic E-state index is 14.0. The van der Waals surface area contributed by atoms with Crippen LogP contribution in [-0.2, 0) is 9.59 Å². The maximum atomic E-state index is 14.0. The molecule has 0 bridgehead atoms. The lowest BCUT2D eigenvalue weighted by Gasteiger charge is -2.33. The smallest absolute Gasteiger partial charge is 0.335 e. The Bertz CT molecular complexity index is 1730. The highest BCUT2D eigenvalue weighted by Gasteiger charge is 2.31. The summed E-state index contributed by atoms with van der Waals surface area (Å²) < 4.78 is 1.54. The quantitative estimate of drug-likeness (QED) is 0.191. The van der Waals surface area contributed by atoms with Gasteiger partial charge >= 0.3 is 5.97 Å². The number of nitrogens with two attached hydrogens (primary N) is 1. The Morgan fingerprint density at radius 2 is 1.70 bits per heavy atom. The molecule has 3 aromatic carbocycles. The summed E-state index contributed by atoms with van der Waals surface area (Å²) in [6.07, 6.45) is 3.43. The van der Waals surface area contributed by atoms with Crippen molar-refractivity contribution in [1.29, 1.82) is 0 Å². The van der Waals surface area contributed by atoms with Crippen LogP contribution in [0.4, 0.5) is 0 Å². The number of piperidine rings is 1. The third kappa shape index (κ3) is 6.64. The summed E-state index contributed by atoms with van der Waals surface area (Å²) in [5, 5.41) is 9.86. The van der Waals surface area contributed by atoms with Crippen molar-refractivity contribution in [2.24, 2.45) is 11.7 Å². The van der Waals surface area contributed by atoms with Gasteiger partial charge in [-0.3, -0.25) is 19.0 Å². The monoisotopic (exact) mass is 598 g/mol. The van der Waals surface area contributed by atoms with Crippen LogP contribution in [-0.4, -0.2) is 55.7 Å². The lowest BCUT2D eigenvalue weighted by molar-refractivity contribution is -0.134. The molecule has 0 aliphatic carbocycles. The van der Waals surface area contributed by atoms with Gasteiger partial charge in [-0.05, 0) is 66.8 Å². The van der Waals surface area contributed by atoms with E-state index in [9.17, 15) is 24.3 Å². The molecule has 43 heavy (non-hydrogen) atoms. The van der Waals surface area contributed by atoms with E-state index < -0.39 is 11.2 Å². The number of carbonyl (C=O) groups excluding carboxylic acids is 2. The van der Waals surface area contributed by atoms with Gasteiger partial charge in [0.05, 0.1) is 27.4 Å². The molecule has 0 saturated carbocycles. The van der Waals surface area contributed by atoms with Gasteiger partial charge in [0.1, 0.15) is 0 Å². The normalized spacial score (nSPS) is 14.5. The van der Waals surface area contributed by atoms with Crippen molar-refractivity contribution < 1.29 is 19.5 Å². The van der Waals surface area contributed by atoms with Gasteiger partial charge in [-0.2, -0.15) is 0 Å². The number of likely N-dealkylation sites (tertiary alicyclic amines) is 1. The van der Waals surface area contributed by atoms with E-state index in [2.05, 4.69) is 6.92 Å². The molecular weight excluding hydrogens is 564 g/mol. The second-order valence-corrected chi connectivity index (χ2v) is 11.9. The largest absolute Gasteiger partial charge is 0.478 e. The van der Waals surface area contributed by atoms with Crippen LogP contribution in [0, 0.1) is 5.92 Å². The zero-order valence-corrected chi connectivity index (χ0v) is 24.8. The first-order valence-corrected chi connectivity index (χ1v) is 15.4. The van der Waals surface area contributed by atoms with Crippen LogP contribution in [0.25, 0.3) is 27.7 Å². The zero-order chi connectivity index (χ0) is 30.5. The Kier molecular flexibility index (Phi) is 9.25. The van der Waals surface area contributed by atoms with Gasteiger partial charge in [0, 0.05) is 19.0 Å². The summed E-state index contributed by atoms with van der Waals surface area (Å²) in [5.41, 5.74) is 7.96. The number of benzene rings is 3. The summed E-state index contributed by atoms with van der Waals surface area (Å²) in [6, 6.07) is 21.1. The van der Waals surface area contributed by atoms with E-state index in [1.807, 2.05) is 36.4 Å². The van der Waals surface area contributed by atoms with Gasteiger partial charge in [0.25, 0.3) is 5.56 Å². The Labute approximate surface area is 253 Å². The number of rotatable bonds is 10. The highest BCUT2D eigenvalue weighted by Crippen LogP contribution is 2.32. The summed E-state index contributed by atoms with van der Waals surface area (Å²) in [6.45, 7) is 3.00. The average molecular weight is 599 g/mol. The molecule has 0 radical (unpaired) electrons. The van der Waals surface area contributed by atoms with E-state index in [0.717, 1.165) is 18.4 Å². The number of hydrogen-bond donors (Lipinski definition) is 2. The lowest BCUT2D eigenvalue weighted by atomic mass is 9.96. The molecule has 9 nitrogen and oxygen atoms in total. The van der Waals surface area contributed by atoms with Crippen LogP contribution in [0.3, 0.4) is 0 Å². The first-order valence-electron chi connectivity index (χ1n) is 14.5. The molecule has 10 heteroatoms. The Morgan fingerprint density at radius 1 is 1.00 bits per heavy atom. The number of fused-ring (bicyclic) bond motifs is 1. The molecule has 4 aromatic rings. The third-order valence-electron chi connectivity index (χ3n) is 7.84. The minimum atomic E-state index is -1.02. The van der Waals surface area contributed by atoms with Gasteiger partial charge in [-0.25, -0.2) is 9.78 Å². The number of aromatic carboxylic acids is 1. The van der Waals surface area contributed by atoms with Crippen molar-refractivity contribution in [2.75, 3.05) is 13.1 Å². The molecule has 1 unspecified atom stereocenters. The number of nitrogens with zero attached hydrogens (tertiary/aromatic N) is 3. The summed E-state index contributed by atoms with van der Waals surface area (Å²) >= 11 is 1.29. The highest BCUT2D eigenvalue weighted by atomic mass is 32.2. The number of aromatic nitrogens is 2. The average Bonchev–Trinajstić information content (AvgIpc) is 3.03. The van der Waals surface area contributed by atoms with E-state index in [1.165, 1.54) is 17.8 Å². The summed E-state index contributed by atoms with van der Waals surface area (Å²) in [5.74, 6) is -1.60. The molecule has 1 aliphatic rings. The molecule has 3 N–H and O–H groups in total. The predicted octanol–water partition coefficient (Wildman–Crippen LogP) is 5.13. The Morgan fingerprint density at radius 3 is 2.40 bits per heavy atom. The zero-order valence-electron chi connectivity index (χ0n) is 23.9. The van der Waals surface area contributed by atoms with Gasteiger partial charge in [0.2, 0.25) is 11.8 Å². The standard InChI is InChI=1S/C33H34N4O5S/c1-2-3-14-28(31(40)36-17-15-21(16-18-36)29(34)38)43-33-35-27-13-5-4-12-26(27)30(39)37(33)25-11-7-9-23(20-25)22-8-6-10-24(19-22)32(41)42/h4-13,19-21,28H,2-3,14-18H2,1H3,(H2,34,38)(H,41,42). The van der Waals surface area contributed by atoms with Crippen molar-refractivity contribution >= 4 is 40.4 Å². The third-order valence-corrected chi connectivity index (χ3v) is 9.05. The molecule has 222 valence electrons. The van der Waals surface area contributed by atoms with Gasteiger partial charge in [0.15, 0.2) is 5.16 Å². The van der Waals surface area contributed by atoms with Crippen LogP contribution >= 0.6 is 11.8 Å². The second-order valence-electron chi connectivity index (χ2n) is 10.7. The number of para-hydroxylation sites is 1. The second kappa shape index (κ2) is 13.2. The molecule has 5 rings (SSSR count). The Balaban J connectivity index is 1.56. The number of thioether (sulfide) groups is 1. The first-order chi connectivity index (χ1) is 20.8. The molecule has 1 atom stereocenters. The van der Waals surface area contributed by atoms with Crippen LogP contribution in [0.5, 0.6) is 0 Å².